The van der Waals surface area contributed by atoms with Gasteiger partial charge in [0.05, 0.1) is 5.56 Å². The predicted molar refractivity (Wildman–Crippen MR) is 135 cm³/mol. The fourth-order valence-corrected chi connectivity index (χ4v) is 3.79. The van der Waals surface area contributed by atoms with Crippen molar-refractivity contribution in [2.45, 2.75) is 32.5 Å². The second kappa shape index (κ2) is 11.3. The number of ether oxygens (including phenoxy) is 2. The molecule has 0 aliphatic rings. The van der Waals surface area contributed by atoms with Crippen LogP contribution in [0.15, 0.2) is 97.1 Å². The smallest absolute Gasteiger partial charge is 0.241 e. The first-order valence-electron chi connectivity index (χ1n) is 11.7. The van der Waals surface area contributed by atoms with Crippen molar-refractivity contribution < 1.29 is 24.5 Å². The molecule has 0 fully saturated rings. The largest absolute Gasteiger partial charge is 0.508 e. The highest BCUT2D eigenvalue weighted by Gasteiger charge is 2.17. The summed E-state index contributed by atoms with van der Waals surface area (Å²) in [6, 6.07) is 28.6. The number of carbonyl (C=O) groups excluding carboxylic acids is 1. The van der Waals surface area contributed by atoms with Crippen molar-refractivity contribution in [3.8, 4) is 23.0 Å². The van der Waals surface area contributed by atoms with Crippen LogP contribution in [-0.2, 0) is 6.42 Å². The average molecular weight is 469 g/mol. The van der Waals surface area contributed by atoms with Gasteiger partial charge in [-0.25, -0.2) is 0 Å². The first-order valence-corrected chi connectivity index (χ1v) is 11.7. The Labute approximate surface area is 205 Å². The highest BCUT2D eigenvalue weighted by Crippen LogP contribution is 2.30. The number of phenolic OH excluding ortho intramolecular Hbond substituents is 2. The molecule has 0 radical (unpaired) electrons. The quantitative estimate of drug-likeness (QED) is 0.205. The maximum atomic E-state index is 12.7. The van der Waals surface area contributed by atoms with Crippen LogP contribution in [0.4, 0.5) is 0 Å². The lowest BCUT2D eigenvalue weighted by atomic mass is 10.0. The van der Waals surface area contributed by atoms with E-state index in [0.717, 1.165) is 17.5 Å². The van der Waals surface area contributed by atoms with Crippen LogP contribution in [0.2, 0.25) is 0 Å². The normalized spacial score (nSPS) is 11.6. The van der Waals surface area contributed by atoms with E-state index in [0.29, 0.717) is 29.9 Å². The average Bonchev–Trinajstić information content (AvgIpc) is 2.87. The number of hydrogen-bond acceptors (Lipinski definition) is 5. The third kappa shape index (κ3) is 6.21. The standard InChI is InChI=1S/C30H28O5/c1-2-9-29(34-24-15-14-23(27(31)19-24)18-21-10-5-3-6-11-21)35-25-16-17-26(28(32)20-25)30(33)22-12-7-4-8-13-22/h3-8,10-17,19-20,29,31-32H,2,9,18H2,1H3. The molecule has 0 spiro atoms. The summed E-state index contributed by atoms with van der Waals surface area (Å²) in [4.78, 5) is 12.7. The molecule has 0 aliphatic carbocycles. The fraction of sp³-hybridized carbons (Fsp3) is 0.167. The van der Waals surface area contributed by atoms with Crippen LogP contribution < -0.4 is 9.47 Å². The van der Waals surface area contributed by atoms with Gasteiger partial charge in [0.2, 0.25) is 6.29 Å². The predicted octanol–water partition coefficient (Wildman–Crippen LogP) is 6.50. The third-order valence-electron chi connectivity index (χ3n) is 5.60. The molecule has 0 saturated heterocycles. The number of benzene rings is 4. The Morgan fingerprint density at radius 3 is 1.97 bits per heavy atom. The number of hydrogen-bond donors (Lipinski definition) is 2. The zero-order chi connectivity index (χ0) is 24.6. The lowest BCUT2D eigenvalue weighted by Gasteiger charge is -2.21. The maximum absolute atomic E-state index is 12.7. The van der Waals surface area contributed by atoms with Crippen molar-refractivity contribution >= 4 is 5.78 Å². The van der Waals surface area contributed by atoms with Crippen molar-refractivity contribution in [3.05, 3.63) is 119 Å². The van der Waals surface area contributed by atoms with E-state index in [4.69, 9.17) is 9.47 Å². The molecule has 0 amide bonds. The first kappa shape index (κ1) is 23.9. The second-order valence-electron chi connectivity index (χ2n) is 8.28. The van der Waals surface area contributed by atoms with Gasteiger partial charge in [0.25, 0.3) is 0 Å². The molecule has 0 heterocycles. The molecule has 2 N–H and O–H groups in total. The van der Waals surface area contributed by atoms with Gasteiger partial charge in [-0.15, -0.1) is 0 Å². The fourth-order valence-electron chi connectivity index (χ4n) is 3.79. The molecule has 4 rings (SSSR count). The number of phenols is 2. The van der Waals surface area contributed by atoms with Gasteiger partial charge < -0.3 is 19.7 Å². The van der Waals surface area contributed by atoms with Gasteiger partial charge in [-0.3, -0.25) is 4.79 Å². The number of ketones is 1. The van der Waals surface area contributed by atoms with E-state index in [-0.39, 0.29) is 22.8 Å². The number of rotatable bonds is 10. The van der Waals surface area contributed by atoms with E-state index in [2.05, 4.69) is 0 Å². The van der Waals surface area contributed by atoms with Crippen molar-refractivity contribution in [1.82, 2.24) is 0 Å². The van der Waals surface area contributed by atoms with E-state index in [1.807, 2.05) is 55.5 Å². The molecule has 5 heteroatoms. The van der Waals surface area contributed by atoms with Gasteiger partial charge in [0, 0.05) is 30.5 Å². The Morgan fingerprint density at radius 1 is 0.771 bits per heavy atom. The summed E-state index contributed by atoms with van der Waals surface area (Å²) in [6.45, 7) is 2.01. The van der Waals surface area contributed by atoms with Crippen molar-refractivity contribution in [3.63, 3.8) is 0 Å². The maximum Gasteiger partial charge on any atom is 0.241 e. The summed E-state index contributed by atoms with van der Waals surface area (Å²) in [5, 5.41) is 21.0. The van der Waals surface area contributed by atoms with Crippen LogP contribution in [0.1, 0.15) is 46.8 Å². The number of aromatic hydroxyl groups is 2. The minimum atomic E-state index is -0.630. The molecular weight excluding hydrogens is 440 g/mol. The molecule has 5 nitrogen and oxygen atoms in total. The molecule has 178 valence electrons. The molecule has 1 atom stereocenters. The zero-order valence-corrected chi connectivity index (χ0v) is 19.6. The van der Waals surface area contributed by atoms with Gasteiger partial charge in [0.1, 0.15) is 23.0 Å². The van der Waals surface area contributed by atoms with E-state index in [9.17, 15) is 15.0 Å². The zero-order valence-electron chi connectivity index (χ0n) is 19.6. The van der Waals surface area contributed by atoms with E-state index >= 15 is 0 Å². The van der Waals surface area contributed by atoms with Crippen molar-refractivity contribution in [1.29, 1.82) is 0 Å². The Kier molecular flexibility index (Phi) is 7.68. The van der Waals surface area contributed by atoms with Crippen molar-refractivity contribution in [2.24, 2.45) is 0 Å². The first-order chi connectivity index (χ1) is 17.0. The summed E-state index contributed by atoms with van der Waals surface area (Å²) < 4.78 is 12.0. The van der Waals surface area contributed by atoms with E-state index in [1.54, 1.807) is 42.5 Å². The van der Waals surface area contributed by atoms with Crippen LogP contribution in [0.5, 0.6) is 23.0 Å². The van der Waals surface area contributed by atoms with Gasteiger partial charge >= 0.3 is 0 Å². The molecule has 4 aromatic rings. The Bertz CT molecular complexity index is 1270. The van der Waals surface area contributed by atoms with Crippen LogP contribution in [-0.4, -0.2) is 22.3 Å². The molecule has 4 aromatic carbocycles. The highest BCUT2D eigenvalue weighted by molar-refractivity contribution is 6.10. The molecule has 0 bridgehead atoms. The Balaban J connectivity index is 1.45. The molecule has 0 saturated carbocycles. The van der Waals surface area contributed by atoms with Crippen LogP contribution in [0.25, 0.3) is 0 Å². The lowest BCUT2D eigenvalue weighted by molar-refractivity contribution is -0.00127. The number of carbonyl (C=O) groups is 1. The van der Waals surface area contributed by atoms with E-state index < -0.39 is 6.29 Å². The lowest BCUT2D eigenvalue weighted by Crippen LogP contribution is -2.23. The van der Waals surface area contributed by atoms with E-state index in [1.165, 1.54) is 6.07 Å². The van der Waals surface area contributed by atoms with Gasteiger partial charge in [0.15, 0.2) is 5.78 Å². The molecule has 0 aromatic heterocycles. The van der Waals surface area contributed by atoms with Crippen LogP contribution in [0.3, 0.4) is 0 Å². The summed E-state index contributed by atoms with van der Waals surface area (Å²) in [5.74, 6) is 0.605. The molecule has 35 heavy (non-hydrogen) atoms. The molecular formula is C30H28O5. The summed E-state index contributed by atoms with van der Waals surface area (Å²) in [5.41, 5.74) is 2.62. The Morgan fingerprint density at radius 2 is 1.37 bits per heavy atom. The third-order valence-corrected chi connectivity index (χ3v) is 5.60. The van der Waals surface area contributed by atoms with Crippen molar-refractivity contribution in [2.75, 3.05) is 0 Å². The molecule has 1 unspecified atom stereocenters. The minimum Gasteiger partial charge on any atom is -0.508 e. The SMILES string of the molecule is CCCC(Oc1ccc(Cc2ccccc2)c(O)c1)Oc1ccc(C(=O)c2ccccc2)c(O)c1. The highest BCUT2D eigenvalue weighted by atomic mass is 16.7. The second-order valence-corrected chi connectivity index (χ2v) is 8.28. The monoisotopic (exact) mass is 468 g/mol. The summed E-state index contributed by atoms with van der Waals surface area (Å²) >= 11 is 0. The Hall–Kier alpha value is -4.25. The van der Waals surface area contributed by atoms with Crippen LogP contribution in [0, 0.1) is 0 Å². The van der Waals surface area contributed by atoms with Gasteiger partial charge in [-0.1, -0.05) is 73.7 Å². The van der Waals surface area contributed by atoms with Gasteiger partial charge in [-0.05, 0) is 35.7 Å². The summed E-state index contributed by atoms with van der Waals surface area (Å²) in [6.07, 6.45) is 1.39. The summed E-state index contributed by atoms with van der Waals surface area (Å²) in [7, 11) is 0. The topological polar surface area (TPSA) is 76.0 Å². The minimum absolute atomic E-state index is 0.156. The van der Waals surface area contributed by atoms with Gasteiger partial charge in [-0.2, -0.15) is 0 Å². The van der Waals surface area contributed by atoms with Crippen LogP contribution >= 0.6 is 0 Å². The molecule has 0 aliphatic heterocycles.